The third kappa shape index (κ3) is 1.27. The Morgan fingerprint density at radius 1 is 1.42 bits per heavy atom. The van der Waals surface area contributed by atoms with E-state index in [1.807, 2.05) is 0 Å². The van der Waals surface area contributed by atoms with Gasteiger partial charge in [0.05, 0.1) is 0 Å². The first-order valence-electron chi connectivity index (χ1n) is 4.46. The number of fused-ring (bicyclic) bond motifs is 1. The number of hydrogen-bond donors (Lipinski definition) is 2. The number of hydrogen-bond acceptors (Lipinski definition) is 2. The number of rotatable bonds is 0. The Labute approximate surface area is 71.5 Å². The SMILES string of the molecule is O=C(O)N1CC[C@@H]2CNC[C@@H]2C1. The molecule has 2 fully saturated rings. The first-order valence-corrected chi connectivity index (χ1v) is 4.46. The van der Waals surface area contributed by atoms with Crippen molar-refractivity contribution >= 4 is 6.09 Å². The molecule has 0 radical (unpaired) electrons. The number of nitrogens with zero attached hydrogens (tertiary/aromatic N) is 1. The highest BCUT2D eigenvalue weighted by Gasteiger charge is 2.34. The van der Waals surface area contributed by atoms with Crippen LogP contribution in [0.2, 0.25) is 0 Å². The highest BCUT2D eigenvalue weighted by Crippen LogP contribution is 2.26. The molecule has 4 nitrogen and oxygen atoms in total. The fourth-order valence-corrected chi connectivity index (χ4v) is 2.21. The number of likely N-dealkylation sites (tertiary alicyclic amines) is 1. The third-order valence-electron chi connectivity index (χ3n) is 2.97. The molecule has 2 aliphatic heterocycles. The minimum Gasteiger partial charge on any atom is -0.465 e. The van der Waals surface area contributed by atoms with E-state index in [4.69, 9.17) is 5.11 Å². The van der Waals surface area contributed by atoms with Gasteiger partial charge in [-0.25, -0.2) is 4.79 Å². The highest BCUT2D eigenvalue weighted by molar-refractivity contribution is 5.65. The summed E-state index contributed by atoms with van der Waals surface area (Å²) in [6.07, 6.45) is 0.268. The monoisotopic (exact) mass is 170 g/mol. The Morgan fingerprint density at radius 3 is 2.92 bits per heavy atom. The number of amides is 1. The van der Waals surface area contributed by atoms with E-state index in [2.05, 4.69) is 5.32 Å². The van der Waals surface area contributed by atoms with Gasteiger partial charge in [-0.3, -0.25) is 0 Å². The van der Waals surface area contributed by atoms with Crippen molar-refractivity contribution in [3.05, 3.63) is 0 Å². The predicted molar refractivity (Wildman–Crippen MR) is 44.1 cm³/mol. The zero-order valence-corrected chi connectivity index (χ0v) is 6.99. The lowest BCUT2D eigenvalue weighted by atomic mass is 9.89. The smallest absolute Gasteiger partial charge is 0.407 e. The van der Waals surface area contributed by atoms with Crippen LogP contribution in [-0.2, 0) is 0 Å². The van der Waals surface area contributed by atoms with Crippen molar-refractivity contribution in [2.24, 2.45) is 11.8 Å². The predicted octanol–water partition coefficient (Wildman–Crippen LogP) is 0.206. The molecule has 2 rings (SSSR count). The highest BCUT2D eigenvalue weighted by atomic mass is 16.4. The van der Waals surface area contributed by atoms with Gasteiger partial charge in [-0.05, 0) is 31.3 Å². The van der Waals surface area contributed by atoms with E-state index >= 15 is 0 Å². The summed E-state index contributed by atoms with van der Waals surface area (Å²) in [6, 6.07) is 0. The van der Waals surface area contributed by atoms with Crippen LogP contribution in [0.5, 0.6) is 0 Å². The molecule has 2 saturated heterocycles. The normalized spacial score (nSPS) is 34.8. The summed E-state index contributed by atoms with van der Waals surface area (Å²) in [5, 5.41) is 12.1. The summed E-state index contributed by atoms with van der Waals surface area (Å²) < 4.78 is 0. The van der Waals surface area contributed by atoms with Crippen molar-refractivity contribution < 1.29 is 9.90 Å². The molecule has 2 aliphatic rings. The van der Waals surface area contributed by atoms with E-state index in [0.29, 0.717) is 5.92 Å². The minimum atomic E-state index is -0.764. The fourth-order valence-electron chi connectivity index (χ4n) is 2.21. The van der Waals surface area contributed by atoms with E-state index in [1.165, 1.54) is 4.90 Å². The molecule has 0 saturated carbocycles. The van der Waals surface area contributed by atoms with Gasteiger partial charge in [0.15, 0.2) is 0 Å². The second-order valence-electron chi connectivity index (χ2n) is 3.70. The molecule has 0 spiro atoms. The summed E-state index contributed by atoms with van der Waals surface area (Å²) in [6.45, 7) is 3.53. The van der Waals surface area contributed by atoms with Crippen LogP contribution in [0.25, 0.3) is 0 Å². The average molecular weight is 170 g/mol. The van der Waals surface area contributed by atoms with Crippen LogP contribution in [0.1, 0.15) is 6.42 Å². The summed E-state index contributed by atoms with van der Waals surface area (Å²) in [5.41, 5.74) is 0. The summed E-state index contributed by atoms with van der Waals surface area (Å²) in [5.74, 6) is 1.29. The first kappa shape index (κ1) is 7.86. The van der Waals surface area contributed by atoms with Gasteiger partial charge >= 0.3 is 6.09 Å². The Balaban J connectivity index is 1.96. The van der Waals surface area contributed by atoms with Crippen molar-refractivity contribution in [3.63, 3.8) is 0 Å². The molecular formula is C8H14N2O2. The first-order chi connectivity index (χ1) is 5.77. The van der Waals surface area contributed by atoms with Crippen molar-refractivity contribution in [2.75, 3.05) is 26.2 Å². The second kappa shape index (κ2) is 2.94. The van der Waals surface area contributed by atoms with E-state index in [-0.39, 0.29) is 0 Å². The Kier molecular flexibility index (Phi) is 1.92. The lowest BCUT2D eigenvalue weighted by Crippen LogP contribution is -2.42. The van der Waals surface area contributed by atoms with Crippen LogP contribution in [0.15, 0.2) is 0 Å². The number of carboxylic acid groups (broad SMARTS) is 1. The van der Waals surface area contributed by atoms with Crippen molar-refractivity contribution in [1.82, 2.24) is 10.2 Å². The molecule has 0 aromatic rings. The van der Waals surface area contributed by atoms with Crippen LogP contribution in [0.3, 0.4) is 0 Å². The zero-order valence-electron chi connectivity index (χ0n) is 6.99. The van der Waals surface area contributed by atoms with Crippen molar-refractivity contribution in [3.8, 4) is 0 Å². The molecule has 4 heteroatoms. The van der Waals surface area contributed by atoms with Gasteiger partial charge in [0.1, 0.15) is 0 Å². The van der Waals surface area contributed by atoms with E-state index in [9.17, 15) is 4.79 Å². The molecule has 1 amide bonds. The summed E-state index contributed by atoms with van der Waals surface area (Å²) >= 11 is 0. The molecule has 2 atom stereocenters. The molecule has 2 N–H and O–H groups in total. The Bertz CT molecular complexity index is 195. The quantitative estimate of drug-likeness (QED) is 0.546. The van der Waals surface area contributed by atoms with Crippen LogP contribution < -0.4 is 5.32 Å². The maximum Gasteiger partial charge on any atom is 0.407 e. The summed E-state index contributed by atoms with van der Waals surface area (Å²) in [4.78, 5) is 12.2. The Hall–Kier alpha value is -0.770. The fraction of sp³-hybridized carbons (Fsp3) is 0.875. The number of nitrogens with one attached hydrogen (secondary N) is 1. The van der Waals surface area contributed by atoms with Gasteiger partial charge in [-0.2, -0.15) is 0 Å². The summed E-state index contributed by atoms with van der Waals surface area (Å²) in [7, 11) is 0. The van der Waals surface area contributed by atoms with Crippen LogP contribution in [0.4, 0.5) is 4.79 Å². The molecule has 68 valence electrons. The molecule has 0 bridgehead atoms. The third-order valence-corrected chi connectivity index (χ3v) is 2.97. The van der Waals surface area contributed by atoms with Gasteiger partial charge in [0, 0.05) is 13.1 Å². The topological polar surface area (TPSA) is 52.6 Å². The van der Waals surface area contributed by atoms with Gasteiger partial charge in [0.25, 0.3) is 0 Å². The second-order valence-corrected chi connectivity index (χ2v) is 3.70. The molecule has 0 unspecified atom stereocenters. The van der Waals surface area contributed by atoms with E-state index < -0.39 is 6.09 Å². The Morgan fingerprint density at radius 2 is 2.17 bits per heavy atom. The minimum absolute atomic E-state index is 0.565. The number of carbonyl (C=O) groups is 1. The molecular weight excluding hydrogens is 156 g/mol. The largest absolute Gasteiger partial charge is 0.465 e. The lowest BCUT2D eigenvalue weighted by molar-refractivity contribution is 0.110. The van der Waals surface area contributed by atoms with Crippen LogP contribution in [-0.4, -0.2) is 42.3 Å². The maximum absolute atomic E-state index is 10.6. The molecule has 2 heterocycles. The van der Waals surface area contributed by atoms with Gasteiger partial charge < -0.3 is 15.3 Å². The van der Waals surface area contributed by atoms with Crippen molar-refractivity contribution in [2.45, 2.75) is 6.42 Å². The molecule has 0 aliphatic carbocycles. The molecule has 0 aromatic heterocycles. The average Bonchev–Trinajstić information content (AvgIpc) is 2.49. The standard InChI is InChI=1S/C8H14N2O2/c11-8(12)10-2-1-6-3-9-4-7(6)5-10/h6-7,9H,1-5H2,(H,11,12)/t6-,7-/m1/s1. The lowest BCUT2D eigenvalue weighted by Gasteiger charge is -2.32. The van der Waals surface area contributed by atoms with Crippen LogP contribution >= 0.6 is 0 Å². The zero-order chi connectivity index (χ0) is 8.55. The van der Waals surface area contributed by atoms with Gasteiger partial charge in [-0.1, -0.05) is 0 Å². The van der Waals surface area contributed by atoms with E-state index in [0.717, 1.165) is 38.5 Å². The van der Waals surface area contributed by atoms with Gasteiger partial charge in [0.2, 0.25) is 0 Å². The van der Waals surface area contributed by atoms with E-state index in [1.54, 1.807) is 0 Å². The van der Waals surface area contributed by atoms with Crippen molar-refractivity contribution in [1.29, 1.82) is 0 Å². The molecule has 0 aromatic carbocycles. The number of piperidine rings is 1. The maximum atomic E-state index is 10.6. The van der Waals surface area contributed by atoms with Crippen LogP contribution in [0, 0.1) is 11.8 Å². The molecule has 12 heavy (non-hydrogen) atoms. The van der Waals surface area contributed by atoms with Gasteiger partial charge in [-0.15, -0.1) is 0 Å².